The number of fused-ring (bicyclic) bond motifs is 1. The maximum absolute atomic E-state index is 11.6. The molecular weight excluding hydrogens is 198 g/mol. The van der Waals surface area contributed by atoms with Crippen LogP contribution >= 0.6 is 0 Å². The Morgan fingerprint density at radius 1 is 1.60 bits per heavy atom. The highest BCUT2D eigenvalue weighted by Gasteiger charge is 2.24. The molecule has 0 saturated carbocycles. The molecule has 5 nitrogen and oxygen atoms in total. The predicted octanol–water partition coefficient (Wildman–Crippen LogP) is 0.501. The van der Waals surface area contributed by atoms with E-state index < -0.39 is 5.97 Å². The van der Waals surface area contributed by atoms with Crippen LogP contribution in [-0.2, 0) is 13.0 Å². The highest BCUT2D eigenvalue weighted by atomic mass is 16.5. The van der Waals surface area contributed by atoms with E-state index in [9.17, 15) is 9.59 Å². The standard InChI is InChI=1S/C10H11NO4/c1-15-7-5-8(12)11-4-2-3-6(11)9(7)10(13)14/h5H,2-4H2,1H3,(H,13,14). The van der Waals surface area contributed by atoms with Gasteiger partial charge in [-0.3, -0.25) is 4.79 Å². The van der Waals surface area contributed by atoms with Crippen molar-refractivity contribution in [2.24, 2.45) is 0 Å². The number of rotatable bonds is 2. The molecule has 0 radical (unpaired) electrons. The third-order valence-corrected chi connectivity index (χ3v) is 2.61. The van der Waals surface area contributed by atoms with Crippen molar-refractivity contribution in [1.82, 2.24) is 4.57 Å². The van der Waals surface area contributed by atoms with Crippen molar-refractivity contribution < 1.29 is 14.6 Å². The predicted molar refractivity (Wildman–Crippen MR) is 52.5 cm³/mol. The Labute approximate surface area is 85.9 Å². The minimum Gasteiger partial charge on any atom is -0.496 e. The van der Waals surface area contributed by atoms with Crippen LogP contribution in [0, 0.1) is 0 Å². The summed E-state index contributed by atoms with van der Waals surface area (Å²) in [6.45, 7) is 0.596. The largest absolute Gasteiger partial charge is 0.496 e. The maximum atomic E-state index is 11.6. The van der Waals surface area contributed by atoms with Crippen molar-refractivity contribution >= 4 is 5.97 Å². The topological polar surface area (TPSA) is 68.5 Å². The molecule has 0 aromatic carbocycles. The van der Waals surface area contributed by atoms with Gasteiger partial charge < -0.3 is 14.4 Å². The Morgan fingerprint density at radius 3 is 2.93 bits per heavy atom. The van der Waals surface area contributed by atoms with Crippen molar-refractivity contribution in [2.75, 3.05) is 7.11 Å². The average molecular weight is 209 g/mol. The van der Waals surface area contributed by atoms with Crippen LogP contribution < -0.4 is 10.3 Å². The van der Waals surface area contributed by atoms with Crippen LogP contribution in [0.4, 0.5) is 0 Å². The third kappa shape index (κ3) is 1.40. The molecule has 15 heavy (non-hydrogen) atoms. The Morgan fingerprint density at radius 2 is 2.33 bits per heavy atom. The number of methoxy groups -OCH3 is 1. The first-order valence-electron chi connectivity index (χ1n) is 4.69. The lowest BCUT2D eigenvalue weighted by Crippen LogP contribution is -2.22. The Bertz CT molecular complexity index is 475. The minimum atomic E-state index is -1.04. The maximum Gasteiger partial charge on any atom is 0.341 e. The molecule has 0 amide bonds. The molecule has 1 aromatic rings. The number of hydrogen-bond acceptors (Lipinski definition) is 3. The van der Waals surface area contributed by atoms with Gasteiger partial charge in [0.1, 0.15) is 11.3 Å². The molecule has 1 N–H and O–H groups in total. The number of pyridine rings is 1. The molecule has 0 unspecified atom stereocenters. The molecule has 0 aliphatic carbocycles. The summed E-state index contributed by atoms with van der Waals surface area (Å²) in [7, 11) is 1.37. The summed E-state index contributed by atoms with van der Waals surface area (Å²) in [6, 6.07) is 1.23. The first-order chi connectivity index (χ1) is 7.15. The van der Waals surface area contributed by atoms with Gasteiger partial charge in [0.2, 0.25) is 0 Å². The van der Waals surface area contributed by atoms with E-state index in [0.717, 1.165) is 6.42 Å². The van der Waals surface area contributed by atoms with E-state index >= 15 is 0 Å². The highest BCUT2D eigenvalue weighted by Crippen LogP contribution is 2.24. The van der Waals surface area contributed by atoms with E-state index in [1.165, 1.54) is 17.7 Å². The molecule has 5 heteroatoms. The van der Waals surface area contributed by atoms with Gasteiger partial charge in [0.15, 0.2) is 0 Å². The molecule has 1 aromatic heterocycles. The van der Waals surface area contributed by atoms with Gasteiger partial charge in [-0.15, -0.1) is 0 Å². The monoisotopic (exact) mass is 209 g/mol. The zero-order valence-corrected chi connectivity index (χ0v) is 8.32. The molecular formula is C10H11NO4. The molecule has 0 atom stereocenters. The van der Waals surface area contributed by atoms with Gasteiger partial charge in [-0.2, -0.15) is 0 Å². The van der Waals surface area contributed by atoms with Crippen LogP contribution in [-0.4, -0.2) is 22.8 Å². The first-order valence-corrected chi connectivity index (χ1v) is 4.69. The van der Waals surface area contributed by atoms with Crippen LogP contribution in [0.5, 0.6) is 5.75 Å². The number of ether oxygens (including phenoxy) is 1. The summed E-state index contributed by atoms with van der Waals surface area (Å²) in [5.41, 5.74) is 0.505. The van der Waals surface area contributed by atoms with E-state index in [0.29, 0.717) is 18.7 Å². The SMILES string of the molecule is COc1cc(=O)n2c(c1C(=O)O)CCC2. The second kappa shape index (κ2) is 3.42. The number of aromatic carboxylic acids is 1. The quantitative estimate of drug-likeness (QED) is 0.770. The first kappa shape index (κ1) is 9.76. The molecule has 0 fully saturated rings. The van der Waals surface area contributed by atoms with Gasteiger partial charge in [0, 0.05) is 18.3 Å². The molecule has 2 heterocycles. The van der Waals surface area contributed by atoms with Crippen molar-refractivity contribution in [3.8, 4) is 5.75 Å². The van der Waals surface area contributed by atoms with Gasteiger partial charge in [-0.05, 0) is 12.8 Å². The summed E-state index contributed by atoms with van der Waals surface area (Å²) in [5.74, 6) is -0.891. The molecule has 1 aliphatic rings. The summed E-state index contributed by atoms with van der Waals surface area (Å²) in [6.07, 6.45) is 1.43. The lowest BCUT2D eigenvalue weighted by molar-refractivity contribution is 0.0691. The highest BCUT2D eigenvalue weighted by molar-refractivity contribution is 5.92. The number of carboxylic acid groups (broad SMARTS) is 1. The third-order valence-electron chi connectivity index (χ3n) is 2.61. The van der Waals surface area contributed by atoms with E-state index in [4.69, 9.17) is 9.84 Å². The Balaban J connectivity index is 2.76. The fourth-order valence-electron chi connectivity index (χ4n) is 1.97. The number of nitrogens with zero attached hydrogens (tertiary/aromatic N) is 1. The zero-order chi connectivity index (χ0) is 11.0. The number of aromatic nitrogens is 1. The minimum absolute atomic E-state index is 0.120. The fraction of sp³-hybridized carbons (Fsp3) is 0.400. The summed E-state index contributed by atoms with van der Waals surface area (Å²) >= 11 is 0. The summed E-state index contributed by atoms with van der Waals surface area (Å²) < 4.78 is 6.42. The lowest BCUT2D eigenvalue weighted by atomic mass is 10.1. The molecule has 0 spiro atoms. The fourth-order valence-corrected chi connectivity index (χ4v) is 1.97. The van der Waals surface area contributed by atoms with Crippen LogP contribution in [0.2, 0.25) is 0 Å². The van der Waals surface area contributed by atoms with Crippen LogP contribution in [0.15, 0.2) is 10.9 Å². The van der Waals surface area contributed by atoms with Crippen LogP contribution in [0.3, 0.4) is 0 Å². The normalized spacial score (nSPS) is 13.7. The van der Waals surface area contributed by atoms with E-state index in [2.05, 4.69) is 0 Å². The Kier molecular flexibility index (Phi) is 2.22. The second-order valence-corrected chi connectivity index (χ2v) is 3.43. The van der Waals surface area contributed by atoms with Gasteiger partial charge in [0.05, 0.1) is 7.11 Å². The van der Waals surface area contributed by atoms with E-state index in [1.54, 1.807) is 0 Å². The zero-order valence-electron chi connectivity index (χ0n) is 8.32. The van der Waals surface area contributed by atoms with Gasteiger partial charge in [-0.1, -0.05) is 0 Å². The Hall–Kier alpha value is -1.78. The van der Waals surface area contributed by atoms with Gasteiger partial charge in [0.25, 0.3) is 5.56 Å². The average Bonchev–Trinajstić information content (AvgIpc) is 2.65. The van der Waals surface area contributed by atoms with Crippen LogP contribution in [0.25, 0.3) is 0 Å². The smallest absolute Gasteiger partial charge is 0.341 e. The van der Waals surface area contributed by atoms with E-state index in [-0.39, 0.29) is 16.9 Å². The van der Waals surface area contributed by atoms with Crippen molar-refractivity contribution in [3.05, 3.63) is 27.7 Å². The van der Waals surface area contributed by atoms with Crippen molar-refractivity contribution in [2.45, 2.75) is 19.4 Å². The molecule has 1 aliphatic heterocycles. The lowest BCUT2D eigenvalue weighted by Gasteiger charge is -2.10. The number of hydrogen-bond donors (Lipinski definition) is 1. The molecule has 0 saturated heterocycles. The van der Waals surface area contributed by atoms with Crippen molar-refractivity contribution in [1.29, 1.82) is 0 Å². The van der Waals surface area contributed by atoms with Gasteiger partial charge in [-0.25, -0.2) is 4.79 Å². The second-order valence-electron chi connectivity index (χ2n) is 3.43. The van der Waals surface area contributed by atoms with E-state index in [1.807, 2.05) is 0 Å². The summed E-state index contributed by atoms with van der Waals surface area (Å²) in [5, 5.41) is 9.06. The molecule has 80 valence electrons. The molecule has 2 rings (SSSR count). The molecule has 0 bridgehead atoms. The number of carboxylic acids is 1. The number of carbonyl (C=O) groups is 1. The van der Waals surface area contributed by atoms with Gasteiger partial charge >= 0.3 is 5.97 Å². The summed E-state index contributed by atoms with van der Waals surface area (Å²) in [4.78, 5) is 22.6. The van der Waals surface area contributed by atoms with Crippen molar-refractivity contribution in [3.63, 3.8) is 0 Å². The van der Waals surface area contributed by atoms with Crippen LogP contribution in [0.1, 0.15) is 22.5 Å².